The molecule has 0 spiro atoms. The van der Waals surface area contributed by atoms with E-state index in [-0.39, 0.29) is 6.61 Å². The Morgan fingerprint density at radius 3 is 2.71 bits per heavy atom. The lowest BCUT2D eigenvalue weighted by atomic mass is 9.96. The second kappa shape index (κ2) is 5.01. The van der Waals surface area contributed by atoms with Crippen LogP contribution in [0.5, 0.6) is 5.75 Å². The molecular weight excluding hydrogens is 176 g/mol. The fourth-order valence-electron chi connectivity index (χ4n) is 1.57. The van der Waals surface area contributed by atoms with Crippen molar-refractivity contribution in [2.24, 2.45) is 0 Å². The average Bonchev–Trinajstić information content (AvgIpc) is 2.17. The van der Waals surface area contributed by atoms with Crippen LogP contribution < -0.4 is 4.74 Å². The second-order valence-electron chi connectivity index (χ2n) is 3.66. The van der Waals surface area contributed by atoms with Gasteiger partial charge in [-0.1, -0.05) is 19.1 Å². The van der Waals surface area contributed by atoms with Crippen molar-refractivity contribution >= 4 is 0 Å². The molecule has 0 bridgehead atoms. The van der Waals surface area contributed by atoms with Crippen LogP contribution in [-0.2, 0) is 0 Å². The number of rotatable bonds is 4. The highest BCUT2D eigenvalue weighted by atomic mass is 16.5. The van der Waals surface area contributed by atoms with Crippen molar-refractivity contribution < 1.29 is 9.84 Å². The van der Waals surface area contributed by atoms with Gasteiger partial charge >= 0.3 is 0 Å². The van der Waals surface area contributed by atoms with Crippen molar-refractivity contribution in [2.75, 3.05) is 13.7 Å². The molecule has 0 unspecified atom stereocenters. The third-order valence-electron chi connectivity index (χ3n) is 2.48. The van der Waals surface area contributed by atoms with Gasteiger partial charge in [-0.2, -0.15) is 0 Å². The van der Waals surface area contributed by atoms with E-state index in [1.54, 1.807) is 7.11 Å². The Labute approximate surface area is 85.5 Å². The predicted molar refractivity (Wildman–Crippen MR) is 57.8 cm³/mol. The average molecular weight is 194 g/mol. The second-order valence-corrected chi connectivity index (χ2v) is 3.66. The molecule has 0 aliphatic carbocycles. The van der Waals surface area contributed by atoms with Crippen LogP contribution in [0.2, 0.25) is 0 Å². The van der Waals surface area contributed by atoms with Crippen LogP contribution in [0, 0.1) is 6.92 Å². The van der Waals surface area contributed by atoms with Crippen LogP contribution in [0.15, 0.2) is 18.2 Å². The van der Waals surface area contributed by atoms with Gasteiger partial charge < -0.3 is 9.84 Å². The smallest absolute Gasteiger partial charge is 0.122 e. The lowest BCUT2D eigenvalue weighted by molar-refractivity contribution is 0.277. The molecule has 0 aliphatic heterocycles. The van der Waals surface area contributed by atoms with E-state index >= 15 is 0 Å². The minimum Gasteiger partial charge on any atom is -0.496 e. The number of hydrogen-bond donors (Lipinski definition) is 1. The maximum Gasteiger partial charge on any atom is 0.122 e. The van der Waals surface area contributed by atoms with Crippen LogP contribution in [0.4, 0.5) is 0 Å². The Morgan fingerprint density at radius 2 is 2.14 bits per heavy atom. The normalized spacial score (nSPS) is 12.6. The fraction of sp³-hybridized carbons (Fsp3) is 0.500. The molecule has 1 N–H and O–H groups in total. The summed E-state index contributed by atoms with van der Waals surface area (Å²) in [5.41, 5.74) is 2.37. The molecule has 78 valence electrons. The highest BCUT2D eigenvalue weighted by Gasteiger charge is 2.10. The highest BCUT2D eigenvalue weighted by molar-refractivity contribution is 5.39. The fourth-order valence-corrected chi connectivity index (χ4v) is 1.57. The molecule has 2 nitrogen and oxygen atoms in total. The Morgan fingerprint density at radius 1 is 1.43 bits per heavy atom. The summed E-state index contributed by atoms with van der Waals surface area (Å²) in [5.74, 6) is 1.27. The van der Waals surface area contributed by atoms with Gasteiger partial charge in [0.15, 0.2) is 0 Å². The number of hydrogen-bond acceptors (Lipinski definition) is 2. The van der Waals surface area contributed by atoms with Gasteiger partial charge in [-0.3, -0.25) is 0 Å². The quantitative estimate of drug-likeness (QED) is 0.798. The first-order valence-electron chi connectivity index (χ1n) is 4.94. The molecular formula is C12H18O2. The van der Waals surface area contributed by atoms with E-state index in [1.165, 1.54) is 11.1 Å². The Kier molecular flexibility index (Phi) is 3.96. The van der Waals surface area contributed by atoms with Gasteiger partial charge in [-0.25, -0.2) is 0 Å². The molecule has 14 heavy (non-hydrogen) atoms. The van der Waals surface area contributed by atoms with Crippen molar-refractivity contribution in [3.05, 3.63) is 29.3 Å². The Balaban J connectivity index is 2.95. The van der Waals surface area contributed by atoms with Crippen LogP contribution in [0.25, 0.3) is 0 Å². The molecule has 1 atom stereocenters. The number of aliphatic hydroxyl groups excluding tert-OH is 1. The molecule has 0 heterocycles. The summed E-state index contributed by atoms with van der Waals surface area (Å²) in [4.78, 5) is 0. The van der Waals surface area contributed by atoms with Crippen molar-refractivity contribution in [2.45, 2.75) is 26.2 Å². The van der Waals surface area contributed by atoms with Crippen molar-refractivity contribution in [1.82, 2.24) is 0 Å². The summed E-state index contributed by atoms with van der Waals surface area (Å²) in [7, 11) is 1.68. The number of methoxy groups -OCH3 is 1. The van der Waals surface area contributed by atoms with E-state index in [1.807, 2.05) is 13.0 Å². The number of aliphatic hydroxyl groups is 1. The molecule has 0 radical (unpaired) electrons. The van der Waals surface area contributed by atoms with Crippen LogP contribution >= 0.6 is 0 Å². The zero-order valence-corrected chi connectivity index (χ0v) is 9.08. The van der Waals surface area contributed by atoms with Crippen molar-refractivity contribution in [1.29, 1.82) is 0 Å². The van der Waals surface area contributed by atoms with Gasteiger partial charge in [0, 0.05) is 6.61 Å². The summed E-state index contributed by atoms with van der Waals surface area (Å²) in [5, 5.41) is 8.88. The van der Waals surface area contributed by atoms with Crippen LogP contribution in [0.1, 0.15) is 30.4 Å². The van der Waals surface area contributed by atoms with E-state index in [0.29, 0.717) is 5.92 Å². The summed E-state index contributed by atoms with van der Waals surface area (Å²) < 4.78 is 5.31. The number of benzene rings is 1. The monoisotopic (exact) mass is 194 g/mol. The lowest BCUT2D eigenvalue weighted by Gasteiger charge is -2.15. The van der Waals surface area contributed by atoms with E-state index in [0.717, 1.165) is 12.2 Å². The number of aryl methyl sites for hydroxylation is 1. The number of ether oxygens (including phenoxy) is 1. The summed E-state index contributed by atoms with van der Waals surface area (Å²) in [6, 6.07) is 6.18. The van der Waals surface area contributed by atoms with E-state index in [2.05, 4.69) is 19.1 Å². The largest absolute Gasteiger partial charge is 0.496 e. The minimum atomic E-state index is 0.220. The lowest BCUT2D eigenvalue weighted by Crippen LogP contribution is -2.00. The first-order valence-corrected chi connectivity index (χ1v) is 4.94. The molecule has 0 saturated carbocycles. The molecule has 0 fully saturated rings. The molecule has 1 aromatic rings. The summed E-state index contributed by atoms with van der Waals surface area (Å²) >= 11 is 0. The zero-order chi connectivity index (χ0) is 10.6. The summed E-state index contributed by atoms with van der Waals surface area (Å²) in [6.45, 7) is 4.37. The maximum absolute atomic E-state index is 8.88. The molecule has 0 saturated heterocycles. The van der Waals surface area contributed by atoms with Gasteiger partial charge in [-0.15, -0.1) is 0 Å². The Bertz CT molecular complexity index is 294. The summed E-state index contributed by atoms with van der Waals surface area (Å²) in [6.07, 6.45) is 0.777. The van der Waals surface area contributed by atoms with E-state index in [9.17, 15) is 0 Å². The van der Waals surface area contributed by atoms with Gasteiger partial charge in [0.1, 0.15) is 5.75 Å². The molecule has 1 aromatic carbocycles. The SMILES string of the molecule is COc1cc(C)ccc1[C@H](C)CCO. The topological polar surface area (TPSA) is 29.5 Å². The minimum absolute atomic E-state index is 0.220. The van der Waals surface area contributed by atoms with Crippen molar-refractivity contribution in [3.8, 4) is 5.75 Å². The van der Waals surface area contributed by atoms with Crippen LogP contribution in [-0.4, -0.2) is 18.8 Å². The van der Waals surface area contributed by atoms with Gasteiger partial charge in [0.05, 0.1) is 7.11 Å². The molecule has 0 aromatic heterocycles. The third kappa shape index (κ3) is 2.48. The zero-order valence-electron chi connectivity index (χ0n) is 9.08. The molecule has 0 aliphatic rings. The predicted octanol–water partition coefficient (Wildman–Crippen LogP) is 2.49. The van der Waals surface area contributed by atoms with Gasteiger partial charge in [0.25, 0.3) is 0 Å². The molecule has 0 amide bonds. The third-order valence-corrected chi connectivity index (χ3v) is 2.48. The molecule has 1 rings (SSSR count). The Hall–Kier alpha value is -1.02. The van der Waals surface area contributed by atoms with Crippen LogP contribution in [0.3, 0.4) is 0 Å². The highest BCUT2D eigenvalue weighted by Crippen LogP contribution is 2.29. The maximum atomic E-state index is 8.88. The van der Waals surface area contributed by atoms with E-state index in [4.69, 9.17) is 9.84 Å². The first kappa shape index (κ1) is 11.1. The first-order chi connectivity index (χ1) is 6.69. The molecule has 2 heteroatoms. The van der Waals surface area contributed by atoms with E-state index < -0.39 is 0 Å². The standard InChI is InChI=1S/C12H18O2/c1-9-4-5-11(10(2)6-7-13)12(8-9)14-3/h4-5,8,10,13H,6-7H2,1-3H3/t10-/m1/s1. The van der Waals surface area contributed by atoms with Gasteiger partial charge in [0.2, 0.25) is 0 Å². The van der Waals surface area contributed by atoms with Crippen molar-refractivity contribution in [3.63, 3.8) is 0 Å². The van der Waals surface area contributed by atoms with Gasteiger partial charge in [-0.05, 0) is 36.5 Å².